The number of hydrogen-bond donors (Lipinski definition) is 1. The molecule has 32 heavy (non-hydrogen) atoms. The molecule has 3 aromatic heterocycles. The van der Waals surface area contributed by atoms with E-state index in [-0.39, 0.29) is 22.9 Å². The summed E-state index contributed by atoms with van der Waals surface area (Å²) in [5.74, 6) is 0.627. The van der Waals surface area contributed by atoms with Crippen LogP contribution in [0.2, 0.25) is 5.02 Å². The van der Waals surface area contributed by atoms with E-state index in [1.54, 1.807) is 16.0 Å². The maximum atomic E-state index is 12.8. The summed E-state index contributed by atoms with van der Waals surface area (Å²) in [7, 11) is 0. The monoisotopic (exact) mass is 468 g/mol. The van der Waals surface area contributed by atoms with E-state index >= 15 is 0 Å². The molecule has 1 atom stereocenters. The van der Waals surface area contributed by atoms with Gasteiger partial charge in [0.05, 0.1) is 13.0 Å². The van der Waals surface area contributed by atoms with Gasteiger partial charge in [-0.25, -0.2) is 9.67 Å². The molecule has 0 bridgehead atoms. The molecule has 0 spiro atoms. The number of benzene rings is 1. The van der Waals surface area contributed by atoms with Gasteiger partial charge in [0.25, 0.3) is 5.56 Å². The predicted octanol–water partition coefficient (Wildman–Crippen LogP) is 3.23. The van der Waals surface area contributed by atoms with Crippen molar-refractivity contribution in [3.8, 4) is 0 Å². The number of piperidine rings is 1. The maximum absolute atomic E-state index is 12.8. The molecule has 5 rings (SSSR count). The van der Waals surface area contributed by atoms with Gasteiger partial charge in [-0.05, 0) is 35.9 Å². The quantitative estimate of drug-likeness (QED) is 0.485. The van der Waals surface area contributed by atoms with Gasteiger partial charge >= 0.3 is 0 Å². The number of hydrogen-bond acceptors (Lipinski definition) is 6. The lowest BCUT2D eigenvalue weighted by Crippen LogP contribution is -2.40. The van der Waals surface area contributed by atoms with Crippen LogP contribution in [0.4, 0.5) is 0 Å². The lowest BCUT2D eigenvalue weighted by Gasteiger charge is -2.32. The van der Waals surface area contributed by atoms with Crippen LogP contribution < -0.4 is 5.56 Å². The summed E-state index contributed by atoms with van der Waals surface area (Å²) in [6, 6.07) is 11.4. The average molecular weight is 469 g/mol. The van der Waals surface area contributed by atoms with Crippen molar-refractivity contribution in [3.63, 3.8) is 0 Å². The van der Waals surface area contributed by atoms with Gasteiger partial charge in [0.15, 0.2) is 11.2 Å². The fraction of sp³-hybridized carbons (Fsp3) is 0.318. The first-order valence-electron chi connectivity index (χ1n) is 10.5. The molecule has 164 valence electrons. The van der Waals surface area contributed by atoms with Crippen LogP contribution in [0.5, 0.6) is 0 Å². The molecule has 1 aromatic carbocycles. The zero-order valence-corrected chi connectivity index (χ0v) is 18.8. The summed E-state index contributed by atoms with van der Waals surface area (Å²) in [6.07, 6.45) is 2.12. The summed E-state index contributed by atoms with van der Waals surface area (Å²) < 4.78 is 1.60. The Morgan fingerprint density at radius 1 is 1.25 bits per heavy atom. The Hall–Kier alpha value is -3.04. The topological polar surface area (TPSA) is 96.8 Å². The average Bonchev–Trinajstić information content (AvgIpc) is 3.46. The highest BCUT2D eigenvalue weighted by molar-refractivity contribution is 7.10. The van der Waals surface area contributed by atoms with E-state index < -0.39 is 0 Å². The van der Waals surface area contributed by atoms with Crippen LogP contribution >= 0.6 is 22.9 Å². The zero-order valence-electron chi connectivity index (χ0n) is 17.2. The van der Waals surface area contributed by atoms with E-state index in [1.807, 2.05) is 46.7 Å². The second-order valence-corrected chi connectivity index (χ2v) is 9.34. The van der Waals surface area contributed by atoms with Crippen LogP contribution in [-0.4, -0.2) is 48.9 Å². The van der Waals surface area contributed by atoms with Gasteiger partial charge in [-0.2, -0.15) is 0 Å². The molecule has 0 saturated carbocycles. The first kappa shape index (κ1) is 20.8. The Morgan fingerprint density at radius 2 is 2.12 bits per heavy atom. The largest absolute Gasteiger partial charge is 0.342 e. The fourth-order valence-corrected chi connectivity index (χ4v) is 4.96. The molecule has 0 aliphatic carbocycles. The number of aromatic amines is 1. The van der Waals surface area contributed by atoms with Crippen molar-refractivity contribution in [2.45, 2.75) is 31.7 Å². The lowest BCUT2D eigenvalue weighted by molar-refractivity contribution is -0.131. The number of carbonyl (C=O) groups excluding carboxylic acids is 1. The van der Waals surface area contributed by atoms with Crippen molar-refractivity contribution in [3.05, 3.63) is 73.4 Å². The van der Waals surface area contributed by atoms with Gasteiger partial charge in [0, 0.05) is 28.9 Å². The van der Waals surface area contributed by atoms with E-state index in [1.165, 1.54) is 0 Å². The number of amides is 1. The molecule has 0 unspecified atom stereocenters. The van der Waals surface area contributed by atoms with Crippen molar-refractivity contribution < 1.29 is 4.79 Å². The minimum absolute atomic E-state index is 0.0446. The van der Waals surface area contributed by atoms with Crippen molar-refractivity contribution in [2.24, 2.45) is 0 Å². The van der Waals surface area contributed by atoms with E-state index in [0.717, 1.165) is 29.8 Å². The van der Waals surface area contributed by atoms with Crippen LogP contribution in [0.25, 0.3) is 11.2 Å². The molecule has 1 amide bonds. The molecule has 1 aliphatic heterocycles. The van der Waals surface area contributed by atoms with Crippen LogP contribution in [0.15, 0.2) is 46.6 Å². The van der Waals surface area contributed by atoms with Gasteiger partial charge in [-0.15, -0.1) is 16.4 Å². The molecule has 4 aromatic rings. The second-order valence-electron chi connectivity index (χ2n) is 7.90. The molecule has 8 nitrogen and oxygen atoms in total. The lowest BCUT2D eigenvalue weighted by atomic mass is 9.97. The highest BCUT2D eigenvalue weighted by Gasteiger charge is 2.27. The normalized spacial score (nSPS) is 16.5. The SMILES string of the molecule is O=C(Cc1cccs1)N1CCC[C@@H](c2nc3c(nnn3Cc3ccccc3Cl)c(=O)[nH]2)C1. The number of nitrogens with one attached hydrogen (secondary N) is 1. The molecule has 10 heteroatoms. The van der Waals surface area contributed by atoms with Gasteiger partial charge in [-0.1, -0.05) is 41.1 Å². The molecule has 4 heterocycles. The van der Waals surface area contributed by atoms with E-state index in [9.17, 15) is 9.59 Å². The number of thiophene rings is 1. The number of aromatic nitrogens is 5. The first-order valence-corrected chi connectivity index (χ1v) is 11.7. The standard InChI is InChI=1S/C22H21ClN6O2S/c23-17-8-2-1-5-14(17)13-29-21-19(26-27-29)22(31)25-20(24-21)15-6-3-9-28(12-15)18(30)11-16-7-4-10-32-16/h1-2,4-5,7-8,10,15H,3,6,9,11-13H2,(H,24,25,31)/t15-/m1/s1. The zero-order chi connectivity index (χ0) is 22.1. The Labute approximate surface area is 192 Å². The van der Waals surface area contributed by atoms with Crippen molar-refractivity contribution in [1.29, 1.82) is 0 Å². The van der Waals surface area contributed by atoms with Crippen LogP contribution in [0.1, 0.15) is 35.0 Å². The third-order valence-electron chi connectivity index (χ3n) is 5.74. The van der Waals surface area contributed by atoms with Gasteiger partial charge in [0.1, 0.15) is 5.82 Å². The number of fused-ring (bicyclic) bond motifs is 1. The third-order valence-corrected chi connectivity index (χ3v) is 6.98. The van der Waals surface area contributed by atoms with E-state index in [0.29, 0.717) is 36.0 Å². The summed E-state index contributed by atoms with van der Waals surface area (Å²) in [6.45, 7) is 1.62. The van der Waals surface area contributed by atoms with Crippen LogP contribution in [0, 0.1) is 0 Å². The molecule has 1 fully saturated rings. The first-order chi connectivity index (χ1) is 15.6. The van der Waals surface area contributed by atoms with Crippen molar-refractivity contribution in [1.82, 2.24) is 29.9 Å². The number of H-pyrrole nitrogens is 1. The molecular weight excluding hydrogens is 448 g/mol. The van der Waals surface area contributed by atoms with Crippen molar-refractivity contribution >= 4 is 40.0 Å². The van der Waals surface area contributed by atoms with Gasteiger partial charge in [0.2, 0.25) is 5.91 Å². The number of carbonyl (C=O) groups is 1. The third kappa shape index (κ3) is 4.18. The molecule has 1 N–H and O–H groups in total. The smallest absolute Gasteiger partial charge is 0.281 e. The molecular formula is C22H21ClN6O2S. The molecule has 1 saturated heterocycles. The summed E-state index contributed by atoms with van der Waals surface area (Å²) >= 11 is 7.87. The minimum atomic E-state index is -0.322. The molecule has 0 radical (unpaired) electrons. The Kier molecular flexibility index (Phi) is 5.75. The number of nitrogens with zero attached hydrogens (tertiary/aromatic N) is 5. The Balaban J connectivity index is 1.40. The van der Waals surface area contributed by atoms with Crippen LogP contribution in [0.3, 0.4) is 0 Å². The van der Waals surface area contributed by atoms with E-state index in [2.05, 4.69) is 15.3 Å². The fourth-order valence-electron chi connectivity index (χ4n) is 4.07. The van der Waals surface area contributed by atoms with E-state index in [4.69, 9.17) is 16.6 Å². The predicted molar refractivity (Wildman–Crippen MR) is 123 cm³/mol. The highest BCUT2D eigenvalue weighted by Crippen LogP contribution is 2.26. The van der Waals surface area contributed by atoms with Gasteiger partial charge < -0.3 is 9.88 Å². The van der Waals surface area contributed by atoms with Crippen LogP contribution in [-0.2, 0) is 17.8 Å². The van der Waals surface area contributed by atoms with Crippen molar-refractivity contribution in [2.75, 3.05) is 13.1 Å². The highest BCUT2D eigenvalue weighted by atomic mass is 35.5. The number of likely N-dealkylation sites (tertiary alicyclic amines) is 1. The second kappa shape index (κ2) is 8.84. The Morgan fingerprint density at radius 3 is 2.94 bits per heavy atom. The maximum Gasteiger partial charge on any atom is 0.281 e. The number of halogens is 1. The summed E-state index contributed by atoms with van der Waals surface area (Å²) in [4.78, 5) is 36.0. The number of rotatable bonds is 5. The Bertz CT molecular complexity index is 1320. The van der Waals surface area contributed by atoms with Gasteiger partial charge in [-0.3, -0.25) is 9.59 Å². The summed E-state index contributed by atoms with van der Waals surface area (Å²) in [5.41, 5.74) is 1.16. The molecule has 1 aliphatic rings. The minimum Gasteiger partial charge on any atom is -0.342 e. The summed E-state index contributed by atoms with van der Waals surface area (Å²) in [5, 5.41) is 10.7.